The van der Waals surface area contributed by atoms with Crippen LogP contribution in [0.15, 0.2) is 0 Å². The second kappa shape index (κ2) is 3.35. The van der Waals surface area contributed by atoms with Gasteiger partial charge in [0, 0.05) is 12.6 Å². The van der Waals surface area contributed by atoms with E-state index in [-0.39, 0.29) is 6.04 Å². The molecule has 7 N–H and O–H groups in total. The van der Waals surface area contributed by atoms with Gasteiger partial charge in [0.2, 0.25) is 0 Å². The van der Waals surface area contributed by atoms with Gasteiger partial charge in [0.1, 0.15) is 0 Å². The van der Waals surface area contributed by atoms with Crippen molar-refractivity contribution >= 4 is 11.0 Å². The molecule has 0 aromatic carbocycles. The smallest absolute Gasteiger partial charge is 0.0367 e. The van der Waals surface area contributed by atoms with Crippen LogP contribution in [0.4, 0.5) is 0 Å². The molecular formula is C3H13N3O2S. The van der Waals surface area contributed by atoms with Crippen molar-refractivity contribution in [2.75, 3.05) is 6.54 Å². The van der Waals surface area contributed by atoms with Crippen LogP contribution in [0.2, 0.25) is 0 Å². The first kappa shape index (κ1) is 9.15. The predicted molar refractivity (Wildman–Crippen MR) is 38.7 cm³/mol. The zero-order chi connectivity index (χ0) is 7.49. The highest BCUT2D eigenvalue weighted by Gasteiger charge is 2.06. The Morgan fingerprint density at radius 2 is 2.11 bits per heavy atom. The molecule has 0 aliphatic rings. The Balaban J connectivity index is 3.47. The number of nitrogens with one attached hydrogen (secondary N) is 1. The highest BCUT2D eigenvalue weighted by Crippen LogP contribution is 2.21. The van der Waals surface area contributed by atoms with Gasteiger partial charge in [-0.2, -0.15) is 0 Å². The van der Waals surface area contributed by atoms with Gasteiger partial charge in [-0.05, 0) is 6.92 Å². The van der Waals surface area contributed by atoms with Gasteiger partial charge >= 0.3 is 0 Å². The number of hydrogen-bond acceptors (Lipinski definition) is 5. The highest BCUT2D eigenvalue weighted by atomic mass is 32.3. The Bertz CT molecular complexity index is 83.6. The predicted octanol–water partition coefficient (Wildman–Crippen LogP) is -0.537. The number of rotatable bonds is 3. The fraction of sp³-hybridized carbons (Fsp3) is 1.00. The van der Waals surface area contributed by atoms with E-state index in [1.54, 1.807) is 6.92 Å². The fourth-order valence-electron chi connectivity index (χ4n) is 0.344. The van der Waals surface area contributed by atoms with Crippen molar-refractivity contribution in [3.8, 4) is 0 Å². The maximum Gasteiger partial charge on any atom is 0.0367 e. The minimum atomic E-state index is -3.07. The molecule has 6 heteroatoms. The molecule has 9 heavy (non-hydrogen) atoms. The van der Waals surface area contributed by atoms with E-state index in [4.69, 9.17) is 20.0 Å². The molecule has 1 atom stereocenters. The largest absolute Gasteiger partial charge is 0.329 e. The molecule has 0 amide bonds. The third kappa shape index (κ3) is 6.03. The Labute approximate surface area is 56.0 Å². The molecule has 0 aliphatic heterocycles. The van der Waals surface area contributed by atoms with Crippen LogP contribution >= 0.6 is 11.0 Å². The lowest BCUT2D eigenvalue weighted by Crippen LogP contribution is -2.38. The summed E-state index contributed by atoms with van der Waals surface area (Å²) in [6, 6.07) is -0.167. The zero-order valence-electron chi connectivity index (χ0n) is 5.24. The summed E-state index contributed by atoms with van der Waals surface area (Å²) in [5, 5.41) is 4.84. The topological polar surface area (TPSA) is 105 Å². The van der Waals surface area contributed by atoms with E-state index in [9.17, 15) is 0 Å². The summed E-state index contributed by atoms with van der Waals surface area (Å²) in [6.07, 6.45) is 0. The van der Waals surface area contributed by atoms with Crippen LogP contribution in [0, 0.1) is 0 Å². The van der Waals surface area contributed by atoms with E-state index >= 15 is 0 Å². The molecule has 0 rings (SSSR count). The summed E-state index contributed by atoms with van der Waals surface area (Å²) in [4.78, 5) is 0. The molecular weight excluding hydrogens is 142 g/mol. The van der Waals surface area contributed by atoms with E-state index < -0.39 is 11.0 Å². The van der Waals surface area contributed by atoms with Crippen LogP contribution in [-0.2, 0) is 0 Å². The van der Waals surface area contributed by atoms with Gasteiger partial charge in [0.25, 0.3) is 0 Å². The molecule has 0 spiro atoms. The van der Waals surface area contributed by atoms with Gasteiger partial charge in [-0.3, -0.25) is 9.11 Å². The summed E-state index contributed by atoms with van der Waals surface area (Å²) < 4.78 is 19.5. The van der Waals surface area contributed by atoms with Gasteiger partial charge < -0.3 is 5.73 Å². The summed E-state index contributed by atoms with van der Waals surface area (Å²) in [7, 11) is -3.07. The molecule has 0 bridgehead atoms. The van der Waals surface area contributed by atoms with Gasteiger partial charge in [-0.25, -0.2) is 9.86 Å². The van der Waals surface area contributed by atoms with Crippen LogP contribution in [0.3, 0.4) is 0 Å². The van der Waals surface area contributed by atoms with Crippen molar-refractivity contribution in [2.45, 2.75) is 13.0 Å². The van der Waals surface area contributed by atoms with Gasteiger partial charge in [-0.15, -0.1) is 0 Å². The minimum Gasteiger partial charge on any atom is -0.329 e. The average molecular weight is 155 g/mol. The van der Waals surface area contributed by atoms with Crippen molar-refractivity contribution in [2.24, 2.45) is 10.9 Å². The standard InChI is InChI=1S/C3H13N3O2S/c1-3(2-4)6-9(5,7)8/h3,6-8H,2,4-5H2,1H3. The average Bonchev–Trinajstić information content (AvgIpc) is 1.62. The molecule has 1 unspecified atom stereocenters. The molecule has 0 saturated carbocycles. The Hall–Kier alpha value is 0.150. The first-order valence-corrected chi connectivity index (χ1v) is 4.10. The lowest BCUT2D eigenvalue weighted by Gasteiger charge is -2.29. The highest BCUT2D eigenvalue weighted by molar-refractivity contribution is 8.20. The summed E-state index contributed by atoms with van der Waals surface area (Å²) in [6.45, 7) is 2.04. The van der Waals surface area contributed by atoms with Gasteiger partial charge in [-0.1, -0.05) is 11.0 Å². The van der Waals surface area contributed by atoms with Crippen LogP contribution in [0.25, 0.3) is 0 Å². The summed E-state index contributed by atoms with van der Waals surface area (Å²) >= 11 is 0. The molecule has 0 radical (unpaired) electrons. The third-order valence-electron chi connectivity index (χ3n) is 0.728. The third-order valence-corrected chi connectivity index (χ3v) is 1.48. The van der Waals surface area contributed by atoms with Crippen LogP contribution in [0.5, 0.6) is 0 Å². The van der Waals surface area contributed by atoms with Crippen molar-refractivity contribution in [3.05, 3.63) is 0 Å². The monoisotopic (exact) mass is 155 g/mol. The number of nitrogens with two attached hydrogens (primary N) is 2. The van der Waals surface area contributed by atoms with E-state index in [2.05, 4.69) is 4.72 Å². The lowest BCUT2D eigenvalue weighted by atomic mass is 10.4. The molecule has 0 aliphatic carbocycles. The van der Waals surface area contributed by atoms with Gasteiger partial charge in [0.15, 0.2) is 0 Å². The Morgan fingerprint density at radius 3 is 2.22 bits per heavy atom. The second-order valence-corrected chi connectivity index (χ2v) is 3.27. The van der Waals surface area contributed by atoms with Crippen LogP contribution in [0.1, 0.15) is 6.92 Å². The first-order valence-electron chi connectivity index (χ1n) is 2.49. The molecule has 0 saturated heterocycles. The summed E-state index contributed by atoms with van der Waals surface area (Å²) in [5.74, 6) is 0. The van der Waals surface area contributed by atoms with Crippen molar-refractivity contribution < 1.29 is 9.11 Å². The lowest BCUT2D eigenvalue weighted by molar-refractivity contribution is 0.459. The Morgan fingerprint density at radius 1 is 1.67 bits per heavy atom. The maximum atomic E-state index is 8.57. The van der Waals surface area contributed by atoms with Crippen molar-refractivity contribution in [1.29, 1.82) is 0 Å². The molecule has 0 heterocycles. The van der Waals surface area contributed by atoms with Gasteiger partial charge in [0.05, 0.1) is 0 Å². The quantitative estimate of drug-likeness (QED) is 0.376. The maximum absolute atomic E-state index is 8.57. The second-order valence-electron chi connectivity index (χ2n) is 1.85. The fourth-order valence-corrected chi connectivity index (χ4v) is 1.03. The van der Waals surface area contributed by atoms with Crippen molar-refractivity contribution in [1.82, 2.24) is 4.72 Å². The van der Waals surface area contributed by atoms with Crippen molar-refractivity contribution in [3.63, 3.8) is 0 Å². The Kier molecular flexibility index (Phi) is 3.41. The van der Waals surface area contributed by atoms with E-state index in [1.807, 2.05) is 0 Å². The van der Waals surface area contributed by atoms with Crippen LogP contribution < -0.4 is 15.6 Å². The van der Waals surface area contributed by atoms with Crippen LogP contribution in [-0.4, -0.2) is 21.7 Å². The molecule has 58 valence electrons. The summed E-state index contributed by atoms with van der Waals surface area (Å²) in [5.41, 5.74) is 5.15. The first-order chi connectivity index (χ1) is 3.95. The van der Waals surface area contributed by atoms with E-state index in [1.165, 1.54) is 0 Å². The molecule has 0 aromatic rings. The van der Waals surface area contributed by atoms with E-state index in [0.29, 0.717) is 6.54 Å². The minimum absolute atomic E-state index is 0.167. The number of hydrogen-bond donors (Lipinski definition) is 5. The normalized spacial score (nSPS) is 17.4. The molecule has 0 fully saturated rings. The molecule has 5 nitrogen and oxygen atoms in total. The SMILES string of the molecule is CC(CN)NS(N)(O)O. The molecule has 0 aromatic heterocycles. The zero-order valence-corrected chi connectivity index (χ0v) is 6.06. The van der Waals surface area contributed by atoms with E-state index in [0.717, 1.165) is 0 Å².